The van der Waals surface area contributed by atoms with Crippen molar-refractivity contribution < 1.29 is 19.3 Å². The van der Waals surface area contributed by atoms with E-state index in [0.717, 1.165) is 20.9 Å². The summed E-state index contributed by atoms with van der Waals surface area (Å²) in [6.45, 7) is 3.15. The van der Waals surface area contributed by atoms with Crippen molar-refractivity contribution in [2.24, 2.45) is 0 Å². The van der Waals surface area contributed by atoms with Crippen LogP contribution < -0.4 is 0 Å². The summed E-state index contributed by atoms with van der Waals surface area (Å²) in [4.78, 5) is 2.29. The number of aliphatic hydroxyl groups is 1. The molecule has 6 heteroatoms. The fourth-order valence-corrected chi connectivity index (χ4v) is 6.70. The number of rotatable bonds is 11. The molecule has 1 fully saturated rings. The Hall–Kier alpha value is -2.45. The van der Waals surface area contributed by atoms with Crippen LogP contribution in [-0.2, 0) is 27.4 Å². The molecule has 0 bridgehead atoms. The second-order valence-corrected chi connectivity index (χ2v) is 11.5. The van der Waals surface area contributed by atoms with Crippen LogP contribution in [0.1, 0.15) is 27.7 Å². The van der Waals surface area contributed by atoms with E-state index < -0.39 is 12.2 Å². The topological polar surface area (TPSA) is 47.9 Å². The molecule has 0 radical (unpaired) electrons. The third-order valence-corrected chi connectivity index (χ3v) is 8.70. The normalized spacial score (nSPS) is 22.2. The van der Waals surface area contributed by atoms with Gasteiger partial charge in [0.15, 0.2) is 0 Å². The molecule has 1 saturated heterocycles. The van der Waals surface area contributed by atoms with Crippen LogP contribution in [-0.4, -0.2) is 35.3 Å². The van der Waals surface area contributed by atoms with Gasteiger partial charge >= 0.3 is 0 Å². The Morgan fingerprint density at radius 1 is 0.865 bits per heavy atom. The monoisotopic (exact) mass is 532 g/mol. The Kier molecular flexibility index (Phi) is 9.10. The lowest BCUT2D eigenvalue weighted by atomic mass is 10.1. The van der Waals surface area contributed by atoms with Crippen LogP contribution in [0, 0.1) is 6.92 Å². The molecule has 5 atom stereocenters. The third kappa shape index (κ3) is 6.90. The van der Waals surface area contributed by atoms with Gasteiger partial charge in [-0.2, -0.15) is 0 Å². The lowest BCUT2D eigenvalue weighted by Crippen LogP contribution is -2.42. The third-order valence-electron chi connectivity index (χ3n) is 6.43. The summed E-state index contributed by atoms with van der Waals surface area (Å²) in [7, 11) is 0. The summed E-state index contributed by atoms with van der Waals surface area (Å²) in [6, 6.07) is 32.8. The van der Waals surface area contributed by atoms with Gasteiger partial charge in [-0.1, -0.05) is 84.4 Å². The molecule has 3 aromatic carbocycles. The molecule has 0 spiro atoms. The number of hydrogen-bond acceptors (Lipinski definition) is 6. The van der Waals surface area contributed by atoms with Gasteiger partial charge in [0.1, 0.15) is 24.4 Å². The summed E-state index contributed by atoms with van der Waals surface area (Å²) in [5, 5.41) is 13.3. The van der Waals surface area contributed by atoms with E-state index in [0.29, 0.717) is 13.2 Å². The van der Waals surface area contributed by atoms with Crippen LogP contribution in [0.15, 0.2) is 107 Å². The van der Waals surface area contributed by atoms with E-state index >= 15 is 0 Å². The Labute approximate surface area is 227 Å². The van der Waals surface area contributed by atoms with E-state index in [2.05, 4.69) is 54.8 Å². The van der Waals surface area contributed by atoms with Crippen LogP contribution in [0.2, 0.25) is 0 Å². The van der Waals surface area contributed by atoms with E-state index in [4.69, 9.17) is 14.2 Å². The van der Waals surface area contributed by atoms with Crippen molar-refractivity contribution in [3.8, 4) is 0 Å². The van der Waals surface area contributed by atoms with Gasteiger partial charge in [0.25, 0.3) is 0 Å². The molecule has 1 aliphatic rings. The van der Waals surface area contributed by atoms with Crippen LogP contribution in [0.3, 0.4) is 0 Å². The molecule has 1 aliphatic heterocycles. The minimum Gasteiger partial charge on any atom is -0.388 e. The first-order chi connectivity index (χ1) is 18.2. The van der Waals surface area contributed by atoms with Crippen molar-refractivity contribution in [3.05, 3.63) is 124 Å². The lowest BCUT2D eigenvalue weighted by molar-refractivity contribution is -0.110. The molecule has 37 heavy (non-hydrogen) atoms. The molecular weight excluding hydrogens is 500 g/mol. The number of thioether (sulfide) groups is 1. The number of aliphatic hydroxyl groups excluding tert-OH is 1. The highest BCUT2D eigenvalue weighted by molar-refractivity contribution is 8.00. The van der Waals surface area contributed by atoms with Gasteiger partial charge in [-0.25, -0.2) is 0 Å². The molecule has 0 unspecified atom stereocenters. The number of benzene rings is 3. The van der Waals surface area contributed by atoms with Crippen molar-refractivity contribution in [2.75, 3.05) is 6.61 Å². The van der Waals surface area contributed by atoms with Gasteiger partial charge in [-0.3, -0.25) is 0 Å². The SMILES string of the molecule is Cc1ccc(S[C@@H]2[C@@H](OCc3ccccc3)[C@@H]([C@H](O)COCc3ccccc3)O[C@H]2c2cccs2)cc1. The van der Waals surface area contributed by atoms with Crippen molar-refractivity contribution in [1.29, 1.82) is 0 Å². The number of hydrogen-bond donors (Lipinski definition) is 1. The maximum atomic E-state index is 11.3. The Bertz CT molecular complexity index is 1200. The maximum Gasteiger partial charge on any atom is 0.114 e. The van der Waals surface area contributed by atoms with Crippen LogP contribution >= 0.6 is 23.1 Å². The molecule has 0 aliphatic carbocycles. The van der Waals surface area contributed by atoms with Gasteiger partial charge < -0.3 is 19.3 Å². The van der Waals surface area contributed by atoms with E-state index in [1.807, 2.05) is 54.6 Å². The first kappa shape index (κ1) is 26.2. The fourth-order valence-electron chi connectivity index (χ4n) is 4.50. The predicted octanol–water partition coefficient (Wildman–Crippen LogP) is 6.82. The maximum absolute atomic E-state index is 11.3. The minimum absolute atomic E-state index is 0.0289. The molecule has 4 nitrogen and oxygen atoms in total. The average Bonchev–Trinajstić information content (AvgIpc) is 3.58. The van der Waals surface area contributed by atoms with Gasteiger partial charge in [0.2, 0.25) is 0 Å². The van der Waals surface area contributed by atoms with Gasteiger partial charge in [-0.15, -0.1) is 23.1 Å². The average molecular weight is 533 g/mol. The van der Waals surface area contributed by atoms with Crippen molar-refractivity contribution >= 4 is 23.1 Å². The van der Waals surface area contributed by atoms with E-state index in [-0.39, 0.29) is 24.1 Å². The summed E-state index contributed by atoms with van der Waals surface area (Å²) in [5.74, 6) is 0. The van der Waals surface area contributed by atoms with Gasteiger partial charge in [0.05, 0.1) is 25.1 Å². The molecule has 2 heterocycles. The first-order valence-corrected chi connectivity index (χ1v) is 14.3. The zero-order chi connectivity index (χ0) is 25.5. The van der Waals surface area contributed by atoms with Crippen molar-refractivity contribution in [3.63, 3.8) is 0 Å². The largest absolute Gasteiger partial charge is 0.388 e. The number of ether oxygens (including phenoxy) is 3. The Morgan fingerprint density at radius 2 is 1.54 bits per heavy atom. The van der Waals surface area contributed by atoms with E-state index in [9.17, 15) is 5.11 Å². The quantitative estimate of drug-likeness (QED) is 0.230. The molecule has 192 valence electrons. The summed E-state index contributed by atoms with van der Waals surface area (Å²) in [5.41, 5.74) is 3.39. The fraction of sp³-hybridized carbons (Fsp3) is 0.290. The highest BCUT2D eigenvalue weighted by Gasteiger charge is 2.49. The first-order valence-electron chi connectivity index (χ1n) is 12.5. The molecule has 0 saturated carbocycles. The second kappa shape index (κ2) is 12.9. The molecule has 4 aromatic rings. The Morgan fingerprint density at radius 3 is 2.19 bits per heavy atom. The summed E-state index contributed by atoms with van der Waals surface area (Å²) in [6.07, 6.45) is -1.86. The molecule has 5 rings (SSSR count). The summed E-state index contributed by atoms with van der Waals surface area (Å²) >= 11 is 3.43. The molecule has 0 amide bonds. The van der Waals surface area contributed by atoms with Crippen molar-refractivity contribution in [1.82, 2.24) is 0 Å². The van der Waals surface area contributed by atoms with E-state index in [1.54, 1.807) is 23.1 Å². The minimum atomic E-state index is -0.824. The zero-order valence-electron chi connectivity index (χ0n) is 20.8. The van der Waals surface area contributed by atoms with Crippen LogP contribution in [0.5, 0.6) is 0 Å². The van der Waals surface area contributed by atoms with Gasteiger partial charge in [-0.05, 0) is 41.6 Å². The number of thiophene rings is 1. The summed E-state index contributed by atoms with van der Waals surface area (Å²) < 4.78 is 19.1. The second-order valence-electron chi connectivity index (χ2n) is 9.26. The predicted molar refractivity (Wildman–Crippen MR) is 150 cm³/mol. The highest BCUT2D eigenvalue weighted by atomic mass is 32.2. The molecular formula is C31H32O4S2. The Balaban J connectivity index is 1.37. The smallest absolute Gasteiger partial charge is 0.114 e. The van der Waals surface area contributed by atoms with E-state index in [1.165, 1.54) is 5.56 Å². The van der Waals surface area contributed by atoms with Crippen LogP contribution in [0.4, 0.5) is 0 Å². The highest BCUT2D eigenvalue weighted by Crippen LogP contribution is 2.47. The van der Waals surface area contributed by atoms with Gasteiger partial charge in [0, 0.05) is 9.77 Å². The standard InChI is InChI=1S/C31H32O4S2/c1-22-14-16-25(17-15-22)37-31-29(27-13-8-18-36-27)35-28(30(31)34-20-24-11-6-3-7-12-24)26(32)21-33-19-23-9-4-2-5-10-23/h2-18,26,28-32H,19-21H2,1H3/t26-,28-,29+,30+,31+/m1/s1. The molecule has 1 aromatic heterocycles. The number of aryl methyl sites for hydroxylation is 1. The molecule has 1 N–H and O–H groups in total. The van der Waals surface area contributed by atoms with Crippen molar-refractivity contribution in [2.45, 2.75) is 54.7 Å². The zero-order valence-corrected chi connectivity index (χ0v) is 22.4. The van der Waals surface area contributed by atoms with Crippen LogP contribution in [0.25, 0.3) is 0 Å². The lowest BCUT2D eigenvalue weighted by Gasteiger charge is -2.27.